The molecular formula is C11H18N2OS. The number of thiophene rings is 1. The third kappa shape index (κ3) is 4.95. The smallest absolute Gasteiger partial charge is 0.234 e. The molecule has 1 amide bonds. The van der Waals surface area contributed by atoms with Crippen LogP contribution in [0.4, 0.5) is 0 Å². The number of carbonyl (C=O) groups is 1. The van der Waals surface area contributed by atoms with Gasteiger partial charge in [0.15, 0.2) is 0 Å². The maximum atomic E-state index is 11.4. The number of likely N-dealkylation sites (N-methyl/N-ethyl adjacent to an activating group) is 1. The van der Waals surface area contributed by atoms with Gasteiger partial charge in [0.05, 0.1) is 6.54 Å². The highest BCUT2D eigenvalue weighted by molar-refractivity contribution is 7.09. The van der Waals surface area contributed by atoms with Gasteiger partial charge in [0.1, 0.15) is 0 Å². The largest absolute Gasteiger partial charge is 0.352 e. The van der Waals surface area contributed by atoms with Crippen LogP contribution in [0.1, 0.15) is 18.7 Å². The molecule has 84 valence electrons. The summed E-state index contributed by atoms with van der Waals surface area (Å²) in [5.74, 6) is 0.0703. The van der Waals surface area contributed by atoms with Crippen molar-refractivity contribution in [3.8, 4) is 0 Å². The first-order valence-electron chi connectivity index (χ1n) is 5.24. The average molecular weight is 226 g/mol. The van der Waals surface area contributed by atoms with Crippen molar-refractivity contribution in [2.75, 3.05) is 13.1 Å². The minimum absolute atomic E-state index is 0.0703. The monoisotopic (exact) mass is 226 g/mol. The fourth-order valence-corrected chi connectivity index (χ4v) is 2.18. The lowest BCUT2D eigenvalue weighted by atomic mass is 10.2. The lowest BCUT2D eigenvalue weighted by Gasteiger charge is -2.12. The van der Waals surface area contributed by atoms with Crippen molar-refractivity contribution in [2.45, 2.75) is 26.3 Å². The highest BCUT2D eigenvalue weighted by Crippen LogP contribution is 2.10. The van der Waals surface area contributed by atoms with Crippen LogP contribution in [0, 0.1) is 0 Å². The Labute approximate surface area is 94.9 Å². The summed E-state index contributed by atoms with van der Waals surface area (Å²) in [7, 11) is 0. The number of rotatable bonds is 6. The molecule has 1 atom stereocenters. The molecule has 0 saturated carbocycles. The number of amides is 1. The van der Waals surface area contributed by atoms with Gasteiger partial charge < -0.3 is 10.6 Å². The van der Waals surface area contributed by atoms with Gasteiger partial charge in [0, 0.05) is 17.3 Å². The predicted octanol–water partition coefficient (Wildman–Crippen LogP) is 1.40. The molecule has 0 saturated heterocycles. The zero-order valence-corrected chi connectivity index (χ0v) is 10.1. The van der Waals surface area contributed by atoms with Crippen LogP contribution in [0.15, 0.2) is 17.5 Å². The molecule has 15 heavy (non-hydrogen) atoms. The van der Waals surface area contributed by atoms with E-state index >= 15 is 0 Å². The third-order valence-corrected chi connectivity index (χ3v) is 2.93. The van der Waals surface area contributed by atoms with Gasteiger partial charge in [-0.05, 0) is 24.9 Å². The van der Waals surface area contributed by atoms with E-state index in [1.54, 1.807) is 11.3 Å². The molecule has 0 aliphatic carbocycles. The van der Waals surface area contributed by atoms with Gasteiger partial charge >= 0.3 is 0 Å². The van der Waals surface area contributed by atoms with Crippen molar-refractivity contribution < 1.29 is 4.79 Å². The molecule has 1 aromatic rings. The second kappa shape index (κ2) is 6.58. The van der Waals surface area contributed by atoms with Crippen LogP contribution < -0.4 is 10.6 Å². The van der Waals surface area contributed by atoms with Crippen molar-refractivity contribution in [1.29, 1.82) is 0 Å². The number of nitrogens with one attached hydrogen (secondary N) is 2. The molecule has 1 rings (SSSR count). The number of carbonyl (C=O) groups excluding carboxylic acids is 1. The summed E-state index contributed by atoms with van der Waals surface area (Å²) < 4.78 is 0. The zero-order valence-electron chi connectivity index (χ0n) is 9.25. The van der Waals surface area contributed by atoms with Gasteiger partial charge in [-0.3, -0.25) is 4.79 Å². The molecule has 1 heterocycles. The van der Waals surface area contributed by atoms with Crippen LogP contribution >= 0.6 is 11.3 Å². The van der Waals surface area contributed by atoms with E-state index in [0.29, 0.717) is 6.54 Å². The van der Waals surface area contributed by atoms with Crippen molar-refractivity contribution >= 4 is 17.2 Å². The highest BCUT2D eigenvalue weighted by Gasteiger charge is 2.07. The maximum absolute atomic E-state index is 11.4. The Morgan fingerprint density at radius 1 is 1.60 bits per heavy atom. The van der Waals surface area contributed by atoms with E-state index in [9.17, 15) is 4.79 Å². The first-order chi connectivity index (χ1) is 7.22. The minimum atomic E-state index is 0.0703. The van der Waals surface area contributed by atoms with Gasteiger partial charge in [0.25, 0.3) is 0 Å². The molecule has 1 unspecified atom stereocenters. The summed E-state index contributed by atoms with van der Waals surface area (Å²) in [6.07, 6.45) is 0.912. The van der Waals surface area contributed by atoms with E-state index in [2.05, 4.69) is 22.1 Å². The standard InChI is InChI=1S/C11H18N2OS/c1-3-12-8-11(14)13-9(2)7-10-5-4-6-15-10/h4-6,9,12H,3,7-8H2,1-2H3,(H,13,14). The van der Waals surface area contributed by atoms with Gasteiger partial charge in [-0.15, -0.1) is 11.3 Å². The van der Waals surface area contributed by atoms with Gasteiger partial charge in [-0.1, -0.05) is 13.0 Å². The molecular weight excluding hydrogens is 208 g/mol. The first kappa shape index (κ1) is 12.2. The summed E-state index contributed by atoms with van der Waals surface area (Å²) in [6, 6.07) is 4.33. The lowest BCUT2D eigenvalue weighted by Crippen LogP contribution is -2.39. The van der Waals surface area contributed by atoms with E-state index in [-0.39, 0.29) is 11.9 Å². The van der Waals surface area contributed by atoms with Crippen LogP contribution in [-0.2, 0) is 11.2 Å². The van der Waals surface area contributed by atoms with Gasteiger partial charge in [0.2, 0.25) is 5.91 Å². The quantitative estimate of drug-likeness (QED) is 0.770. The number of hydrogen-bond acceptors (Lipinski definition) is 3. The Bertz CT molecular complexity index is 285. The Hall–Kier alpha value is -0.870. The third-order valence-electron chi connectivity index (χ3n) is 2.03. The summed E-state index contributed by atoms with van der Waals surface area (Å²) in [5, 5.41) is 8.02. The molecule has 0 radical (unpaired) electrons. The fraction of sp³-hybridized carbons (Fsp3) is 0.545. The molecule has 0 bridgehead atoms. The SMILES string of the molecule is CCNCC(=O)NC(C)Cc1cccs1. The molecule has 0 spiro atoms. The predicted molar refractivity (Wildman–Crippen MR) is 64.2 cm³/mol. The Morgan fingerprint density at radius 3 is 3.00 bits per heavy atom. The van der Waals surface area contributed by atoms with Crippen LogP contribution in [-0.4, -0.2) is 25.0 Å². The molecule has 1 aromatic heterocycles. The Balaban J connectivity index is 2.23. The summed E-state index contributed by atoms with van der Waals surface area (Å²) in [6.45, 7) is 5.25. The van der Waals surface area contributed by atoms with Crippen molar-refractivity contribution in [3.05, 3.63) is 22.4 Å². The van der Waals surface area contributed by atoms with Crippen molar-refractivity contribution in [2.24, 2.45) is 0 Å². The van der Waals surface area contributed by atoms with Crippen LogP contribution in [0.3, 0.4) is 0 Å². The van der Waals surface area contributed by atoms with Crippen LogP contribution in [0.25, 0.3) is 0 Å². The normalized spacial score (nSPS) is 12.4. The van der Waals surface area contributed by atoms with Crippen molar-refractivity contribution in [3.63, 3.8) is 0 Å². The molecule has 0 aliphatic rings. The Morgan fingerprint density at radius 2 is 2.40 bits per heavy atom. The maximum Gasteiger partial charge on any atom is 0.234 e. The fourth-order valence-electron chi connectivity index (χ4n) is 1.35. The lowest BCUT2D eigenvalue weighted by molar-refractivity contribution is -0.120. The Kier molecular flexibility index (Phi) is 5.36. The second-order valence-corrected chi connectivity index (χ2v) is 4.56. The van der Waals surface area contributed by atoms with E-state index in [1.165, 1.54) is 4.88 Å². The highest BCUT2D eigenvalue weighted by atomic mass is 32.1. The van der Waals surface area contributed by atoms with Gasteiger partial charge in [-0.25, -0.2) is 0 Å². The van der Waals surface area contributed by atoms with Crippen LogP contribution in [0.2, 0.25) is 0 Å². The van der Waals surface area contributed by atoms with E-state index in [1.807, 2.05) is 19.9 Å². The van der Waals surface area contributed by atoms with E-state index in [0.717, 1.165) is 13.0 Å². The van der Waals surface area contributed by atoms with E-state index < -0.39 is 0 Å². The van der Waals surface area contributed by atoms with Crippen LogP contribution in [0.5, 0.6) is 0 Å². The molecule has 0 aliphatic heterocycles. The molecule has 0 aromatic carbocycles. The minimum Gasteiger partial charge on any atom is -0.352 e. The van der Waals surface area contributed by atoms with E-state index in [4.69, 9.17) is 0 Å². The average Bonchev–Trinajstić information content (AvgIpc) is 2.67. The summed E-state index contributed by atoms with van der Waals surface area (Å²) in [5.41, 5.74) is 0. The van der Waals surface area contributed by atoms with Gasteiger partial charge in [-0.2, -0.15) is 0 Å². The molecule has 4 heteroatoms. The van der Waals surface area contributed by atoms with Crippen molar-refractivity contribution in [1.82, 2.24) is 10.6 Å². The molecule has 3 nitrogen and oxygen atoms in total. The summed E-state index contributed by atoms with van der Waals surface area (Å²) in [4.78, 5) is 12.7. The topological polar surface area (TPSA) is 41.1 Å². The zero-order chi connectivity index (χ0) is 11.1. The second-order valence-electron chi connectivity index (χ2n) is 3.53. The number of hydrogen-bond donors (Lipinski definition) is 2. The molecule has 0 fully saturated rings. The molecule has 2 N–H and O–H groups in total. The summed E-state index contributed by atoms with van der Waals surface area (Å²) >= 11 is 1.73. The first-order valence-corrected chi connectivity index (χ1v) is 6.12.